The zero-order valence-corrected chi connectivity index (χ0v) is 10.7. The van der Waals surface area contributed by atoms with Gasteiger partial charge in [0.2, 0.25) is 0 Å². The van der Waals surface area contributed by atoms with Crippen molar-refractivity contribution >= 4 is 5.78 Å². The minimum Gasteiger partial charge on any atom is -0.298 e. The molecule has 0 aromatic rings. The van der Waals surface area contributed by atoms with Crippen LogP contribution in [0, 0.1) is 11.8 Å². The first kappa shape index (κ1) is 13.6. The third-order valence-corrected chi connectivity index (χ3v) is 2.75. The number of hydrogen-bond donors (Lipinski definition) is 0. The fraction of sp³-hybridized carbons (Fsp3) is 0.917. The summed E-state index contributed by atoms with van der Waals surface area (Å²) in [6, 6.07) is 0.486. The minimum atomic E-state index is 0.0648. The van der Waals surface area contributed by atoms with Crippen LogP contribution in [0.2, 0.25) is 0 Å². The van der Waals surface area contributed by atoms with E-state index in [4.69, 9.17) is 0 Å². The molecule has 0 aliphatic rings. The van der Waals surface area contributed by atoms with Crippen molar-refractivity contribution in [2.75, 3.05) is 7.05 Å². The molecule has 0 aromatic heterocycles. The highest BCUT2D eigenvalue weighted by Crippen LogP contribution is 2.16. The molecule has 0 spiro atoms. The van der Waals surface area contributed by atoms with Crippen LogP contribution in [0.15, 0.2) is 0 Å². The maximum atomic E-state index is 12.0. The van der Waals surface area contributed by atoms with E-state index in [9.17, 15) is 4.79 Å². The molecule has 84 valence electrons. The van der Waals surface area contributed by atoms with E-state index in [0.717, 1.165) is 0 Å². The standard InChI is InChI=1S/C12H25NO/c1-8(2)11(12(14)9(3)4)13(7)10(5)6/h8-11H,1-7H3. The molecule has 0 rings (SSSR count). The second-order valence-electron chi connectivity index (χ2n) is 5.01. The Morgan fingerprint density at radius 1 is 1.00 bits per heavy atom. The molecule has 0 saturated carbocycles. The first-order chi connectivity index (χ1) is 6.29. The minimum absolute atomic E-state index is 0.0648. The fourth-order valence-corrected chi connectivity index (χ4v) is 1.66. The van der Waals surface area contributed by atoms with Gasteiger partial charge in [-0.15, -0.1) is 0 Å². The zero-order chi connectivity index (χ0) is 11.5. The maximum Gasteiger partial charge on any atom is 0.152 e. The Labute approximate surface area is 88.7 Å². The van der Waals surface area contributed by atoms with E-state index in [1.54, 1.807) is 0 Å². The molecule has 0 radical (unpaired) electrons. The molecule has 0 heterocycles. The van der Waals surface area contributed by atoms with Crippen LogP contribution in [0.1, 0.15) is 41.5 Å². The highest BCUT2D eigenvalue weighted by Gasteiger charge is 2.29. The number of nitrogens with zero attached hydrogens (tertiary/aromatic N) is 1. The van der Waals surface area contributed by atoms with Crippen molar-refractivity contribution in [3.8, 4) is 0 Å². The van der Waals surface area contributed by atoms with Gasteiger partial charge in [0.15, 0.2) is 5.78 Å². The molecule has 0 aliphatic carbocycles. The lowest BCUT2D eigenvalue weighted by atomic mass is 9.91. The molecule has 1 unspecified atom stereocenters. The number of Topliss-reactive ketones (excluding diaryl/α,β-unsaturated/α-hetero) is 1. The largest absolute Gasteiger partial charge is 0.298 e. The van der Waals surface area contributed by atoms with Gasteiger partial charge in [0.1, 0.15) is 0 Å². The molecule has 2 heteroatoms. The van der Waals surface area contributed by atoms with Crippen LogP contribution < -0.4 is 0 Å². The third-order valence-electron chi connectivity index (χ3n) is 2.75. The molecule has 0 fully saturated rings. The molecule has 0 bridgehead atoms. The van der Waals surface area contributed by atoms with Gasteiger partial charge in [-0.2, -0.15) is 0 Å². The smallest absolute Gasteiger partial charge is 0.152 e. The molecule has 2 nitrogen and oxygen atoms in total. The number of likely N-dealkylation sites (N-methyl/N-ethyl adjacent to an activating group) is 1. The van der Waals surface area contributed by atoms with Gasteiger partial charge >= 0.3 is 0 Å². The summed E-state index contributed by atoms with van der Waals surface area (Å²) in [5, 5.41) is 0. The molecule has 0 aliphatic heterocycles. The van der Waals surface area contributed by atoms with E-state index < -0.39 is 0 Å². The average Bonchev–Trinajstić information content (AvgIpc) is 2.03. The molecule has 0 N–H and O–H groups in total. The topological polar surface area (TPSA) is 20.3 Å². The van der Waals surface area contributed by atoms with Crippen LogP contribution in [0.5, 0.6) is 0 Å². The predicted octanol–water partition coefficient (Wildman–Crippen LogP) is 2.58. The summed E-state index contributed by atoms with van der Waals surface area (Å²) >= 11 is 0. The fourth-order valence-electron chi connectivity index (χ4n) is 1.66. The number of ketones is 1. The van der Waals surface area contributed by atoms with Gasteiger partial charge < -0.3 is 0 Å². The Kier molecular flexibility index (Phi) is 5.35. The van der Waals surface area contributed by atoms with Crippen molar-refractivity contribution < 1.29 is 4.79 Å². The summed E-state index contributed by atoms with van der Waals surface area (Å²) < 4.78 is 0. The summed E-state index contributed by atoms with van der Waals surface area (Å²) in [7, 11) is 2.04. The van der Waals surface area contributed by atoms with Crippen LogP contribution in [0.4, 0.5) is 0 Å². The molecule has 0 amide bonds. The summed E-state index contributed by atoms with van der Waals surface area (Å²) in [6.45, 7) is 12.4. The first-order valence-corrected chi connectivity index (χ1v) is 5.54. The van der Waals surface area contributed by atoms with Gasteiger partial charge in [0.25, 0.3) is 0 Å². The van der Waals surface area contributed by atoms with Gasteiger partial charge in [-0.1, -0.05) is 27.7 Å². The molecule has 14 heavy (non-hydrogen) atoms. The lowest BCUT2D eigenvalue weighted by molar-refractivity contribution is -0.129. The SMILES string of the molecule is CC(C)C(=O)C(C(C)C)N(C)C(C)C. The number of hydrogen-bond acceptors (Lipinski definition) is 2. The predicted molar refractivity (Wildman–Crippen MR) is 61.4 cm³/mol. The average molecular weight is 199 g/mol. The highest BCUT2D eigenvalue weighted by atomic mass is 16.1. The highest BCUT2D eigenvalue weighted by molar-refractivity contribution is 5.85. The normalized spacial score (nSPS) is 14.5. The van der Waals surface area contributed by atoms with Crippen molar-refractivity contribution in [1.82, 2.24) is 4.90 Å². The van der Waals surface area contributed by atoms with Crippen molar-refractivity contribution in [2.24, 2.45) is 11.8 Å². The van der Waals surface area contributed by atoms with E-state index in [0.29, 0.717) is 17.7 Å². The van der Waals surface area contributed by atoms with E-state index in [2.05, 4.69) is 32.6 Å². The lowest BCUT2D eigenvalue weighted by Gasteiger charge is -2.34. The Bertz CT molecular complexity index is 185. The van der Waals surface area contributed by atoms with E-state index in [-0.39, 0.29) is 12.0 Å². The van der Waals surface area contributed by atoms with Gasteiger partial charge in [0.05, 0.1) is 6.04 Å². The van der Waals surface area contributed by atoms with E-state index in [1.807, 2.05) is 20.9 Å². The van der Waals surface area contributed by atoms with Gasteiger partial charge in [-0.3, -0.25) is 9.69 Å². The number of carbonyl (C=O) groups is 1. The van der Waals surface area contributed by atoms with Crippen LogP contribution in [0.25, 0.3) is 0 Å². The van der Waals surface area contributed by atoms with Gasteiger partial charge in [0, 0.05) is 12.0 Å². The van der Waals surface area contributed by atoms with Crippen molar-refractivity contribution in [3.05, 3.63) is 0 Å². The summed E-state index contributed by atoms with van der Waals surface area (Å²) in [5.74, 6) is 0.872. The van der Waals surface area contributed by atoms with Crippen molar-refractivity contribution in [1.29, 1.82) is 0 Å². The monoisotopic (exact) mass is 199 g/mol. The number of carbonyl (C=O) groups excluding carboxylic acids is 1. The van der Waals surface area contributed by atoms with Crippen molar-refractivity contribution in [2.45, 2.75) is 53.6 Å². The lowest BCUT2D eigenvalue weighted by Crippen LogP contribution is -2.47. The summed E-state index contributed by atoms with van der Waals surface area (Å²) in [4.78, 5) is 14.2. The Morgan fingerprint density at radius 2 is 1.43 bits per heavy atom. The quantitative estimate of drug-likeness (QED) is 0.678. The van der Waals surface area contributed by atoms with Crippen molar-refractivity contribution in [3.63, 3.8) is 0 Å². The number of rotatable bonds is 5. The van der Waals surface area contributed by atoms with Gasteiger partial charge in [-0.05, 0) is 26.8 Å². The third kappa shape index (κ3) is 3.41. The molecular formula is C12H25NO. The van der Waals surface area contributed by atoms with Crippen LogP contribution in [-0.4, -0.2) is 29.8 Å². The summed E-state index contributed by atoms with van der Waals surface area (Å²) in [6.07, 6.45) is 0. The van der Waals surface area contributed by atoms with Gasteiger partial charge in [-0.25, -0.2) is 0 Å². The first-order valence-electron chi connectivity index (χ1n) is 5.54. The Hall–Kier alpha value is -0.370. The Morgan fingerprint density at radius 3 is 1.64 bits per heavy atom. The van der Waals surface area contributed by atoms with Crippen LogP contribution >= 0.6 is 0 Å². The van der Waals surface area contributed by atoms with Crippen LogP contribution in [0.3, 0.4) is 0 Å². The second-order valence-corrected chi connectivity index (χ2v) is 5.01. The summed E-state index contributed by atoms with van der Waals surface area (Å²) in [5.41, 5.74) is 0. The van der Waals surface area contributed by atoms with E-state index >= 15 is 0 Å². The molecule has 1 atom stereocenters. The molecular weight excluding hydrogens is 174 g/mol. The van der Waals surface area contributed by atoms with E-state index in [1.165, 1.54) is 0 Å². The Balaban J connectivity index is 4.68. The maximum absolute atomic E-state index is 12.0. The second kappa shape index (κ2) is 5.50. The molecule has 0 aromatic carbocycles. The molecule has 0 saturated heterocycles. The van der Waals surface area contributed by atoms with Crippen LogP contribution in [-0.2, 0) is 4.79 Å². The zero-order valence-electron chi connectivity index (χ0n) is 10.7.